The Kier molecular flexibility index (Phi) is 3.41. The number of nitrogens with one attached hydrogen (secondary N) is 1. The van der Waals surface area contributed by atoms with E-state index in [0.717, 1.165) is 0 Å². The number of hydrogen-bond acceptors (Lipinski definition) is 2. The van der Waals surface area contributed by atoms with E-state index in [9.17, 15) is 4.39 Å². The summed E-state index contributed by atoms with van der Waals surface area (Å²) < 4.78 is 13.5. The van der Waals surface area contributed by atoms with E-state index in [1.165, 1.54) is 6.07 Å². The highest BCUT2D eigenvalue weighted by atomic mass is 32.1. The van der Waals surface area contributed by atoms with E-state index in [-0.39, 0.29) is 5.82 Å². The third-order valence-electron chi connectivity index (χ3n) is 1.92. The molecule has 0 amide bonds. The number of benzene rings is 1. The van der Waals surface area contributed by atoms with Crippen molar-refractivity contribution >= 4 is 22.9 Å². The molecule has 0 heterocycles. The van der Waals surface area contributed by atoms with Gasteiger partial charge in [-0.3, -0.25) is 0 Å². The molecule has 76 valence electrons. The molecule has 0 spiro atoms. The molecule has 0 saturated carbocycles. The van der Waals surface area contributed by atoms with Crippen LogP contribution in [-0.2, 0) is 0 Å². The molecule has 2 nitrogen and oxygen atoms in total. The summed E-state index contributed by atoms with van der Waals surface area (Å²) in [5.74, 6) is -0.259. The molecule has 1 rings (SSSR count). The lowest BCUT2D eigenvalue weighted by molar-refractivity contribution is 0.626. The fourth-order valence-electron chi connectivity index (χ4n) is 1.16. The molecule has 0 atom stereocenters. The minimum Gasteiger partial charge on any atom is -0.379 e. The zero-order valence-corrected chi connectivity index (χ0v) is 9.28. The van der Waals surface area contributed by atoms with Crippen LogP contribution in [-0.4, -0.2) is 26.1 Å². The summed E-state index contributed by atoms with van der Waals surface area (Å²) in [6.07, 6.45) is 0. The normalized spacial score (nSPS) is 9.71. The van der Waals surface area contributed by atoms with Crippen molar-refractivity contribution in [1.29, 1.82) is 0 Å². The Bertz CT molecular complexity index is 350. The molecule has 1 aromatic carbocycles. The number of thiocarbonyl (C=S) groups is 1. The number of anilines is 1. The van der Waals surface area contributed by atoms with Gasteiger partial charge in [-0.15, -0.1) is 0 Å². The van der Waals surface area contributed by atoms with E-state index < -0.39 is 0 Å². The van der Waals surface area contributed by atoms with Gasteiger partial charge in [0.25, 0.3) is 0 Å². The first kappa shape index (κ1) is 10.9. The lowest BCUT2D eigenvalue weighted by Crippen LogP contribution is -2.17. The highest BCUT2D eigenvalue weighted by Crippen LogP contribution is 2.18. The molecule has 14 heavy (non-hydrogen) atoms. The van der Waals surface area contributed by atoms with Gasteiger partial charge in [0, 0.05) is 26.7 Å². The topological polar surface area (TPSA) is 15.3 Å². The molecule has 4 heteroatoms. The quantitative estimate of drug-likeness (QED) is 0.752. The molecule has 0 radical (unpaired) electrons. The molecule has 0 aliphatic rings. The van der Waals surface area contributed by atoms with Crippen molar-refractivity contribution in [2.24, 2.45) is 0 Å². The van der Waals surface area contributed by atoms with E-state index in [2.05, 4.69) is 5.32 Å². The van der Waals surface area contributed by atoms with Crippen LogP contribution in [0.15, 0.2) is 18.2 Å². The van der Waals surface area contributed by atoms with Crippen LogP contribution in [0.5, 0.6) is 0 Å². The van der Waals surface area contributed by atoms with Crippen molar-refractivity contribution in [3.63, 3.8) is 0 Å². The van der Waals surface area contributed by atoms with Crippen LogP contribution in [0.1, 0.15) is 5.56 Å². The summed E-state index contributed by atoms with van der Waals surface area (Å²) in [7, 11) is 5.32. The monoisotopic (exact) mass is 212 g/mol. The summed E-state index contributed by atoms with van der Waals surface area (Å²) in [6.45, 7) is 0. The smallest absolute Gasteiger partial charge is 0.147 e. The van der Waals surface area contributed by atoms with Crippen molar-refractivity contribution in [1.82, 2.24) is 5.32 Å². The Hall–Kier alpha value is -1.16. The van der Waals surface area contributed by atoms with Crippen LogP contribution >= 0.6 is 12.2 Å². The summed E-state index contributed by atoms with van der Waals surface area (Å²) in [6, 6.07) is 4.96. The van der Waals surface area contributed by atoms with Gasteiger partial charge in [-0.2, -0.15) is 0 Å². The third kappa shape index (κ3) is 2.20. The number of rotatable bonds is 2. The SMILES string of the molecule is CNC(=S)c1ccc(N(C)C)c(F)c1. The highest BCUT2D eigenvalue weighted by molar-refractivity contribution is 7.80. The van der Waals surface area contributed by atoms with E-state index >= 15 is 0 Å². The molecular weight excluding hydrogens is 199 g/mol. The van der Waals surface area contributed by atoms with Gasteiger partial charge in [-0.05, 0) is 18.2 Å². The van der Waals surface area contributed by atoms with E-state index in [0.29, 0.717) is 16.2 Å². The highest BCUT2D eigenvalue weighted by Gasteiger charge is 2.06. The first-order chi connectivity index (χ1) is 6.56. The first-order valence-corrected chi connectivity index (χ1v) is 4.66. The van der Waals surface area contributed by atoms with Crippen molar-refractivity contribution in [2.45, 2.75) is 0 Å². The maximum Gasteiger partial charge on any atom is 0.147 e. The van der Waals surface area contributed by atoms with Gasteiger partial charge >= 0.3 is 0 Å². The second-order valence-corrected chi connectivity index (χ2v) is 3.55. The molecule has 1 N–H and O–H groups in total. The van der Waals surface area contributed by atoms with Gasteiger partial charge in [0.2, 0.25) is 0 Å². The largest absolute Gasteiger partial charge is 0.379 e. The average Bonchev–Trinajstić information content (AvgIpc) is 2.15. The molecular formula is C10H13FN2S. The first-order valence-electron chi connectivity index (χ1n) is 4.25. The fourth-order valence-corrected chi connectivity index (χ4v) is 1.28. The van der Waals surface area contributed by atoms with E-state index in [1.807, 2.05) is 0 Å². The Balaban J connectivity index is 3.06. The third-order valence-corrected chi connectivity index (χ3v) is 2.36. The summed E-state index contributed by atoms with van der Waals surface area (Å²) in [5, 5.41) is 2.81. The van der Waals surface area contributed by atoms with Crippen LogP contribution < -0.4 is 10.2 Å². The summed E-state index contributed by atoms with van der Waals surface area (Å²) in [5.41, 5.74) is 1.26. The van der Waals surface area contributed by atoms with E-state index in [4.69, 9.17) is 12.2 Å². The van der Waals surface area contributed by atoms with Crippen molar-refractivity contribution in [3.05, 3.63) is 29.6 Å². The van der Waals surface area contributed by atoms with Crippen molar-refractivity contribution in [2.75, 3.05) is 26.0 Å². The Labute approximate surface area is 88.7 Å². The van der Waals surface area contributed by atoms with Crippen LogP contribution in [0.25, 0.3) is 0 Å². The Morgan fingerprint density at radius 1 is 1.43 bits per heavy atom. The van der Waals surface area contributed by atoms with Gasteiger partial charge in [-0.1, -0.05) is 12.2 Å². The molecule has 1 aromatic rings. The molecule has 0 unspecified atom stereocenters. The molecule has 0 aromatic heterocycles. The van der Waals surface area contributed by atoms with Gasteiger partial charge < -0.3 is 10.2 Å². The zero-order valence-electron chi connectivity index (χ0n) is 8.47. The number of nitrogens with zero attached hydrogens (tertiary/aromatic N) is 1. The Morgan fingerprint density at radius 3 is 2.50 bits per heavy atom. The predicted molar refractivity (Wildman–Crippen MR) is 61.5 cm³/mol. The number of hydrogen-bond donors (Lipinski definition) is 1. The van der Waals surface area contributed by atoms with Crippen molar-refractivity contribution < 1.29 is 4.39 Å². The van der Waals surface area contributed by atoms with Crippen LogP contribution in [0.2, 0.25) is 0 Å². The standard InChI is InChI=1S/C10H13FN2S/c1-12-10(14)7-4-5-9(13(2)3)8(11)6-7/h4-6H,1-3H3,(H,12,14). The minimum atomic E-state index is -0.259. The van der Waals surface area contributed by atoms with Crippen LogP contribution in [0.3, 0.4) is 0 Å². The van der Waals surface area contributed by atoms with Gasteiger partial charge in [0.15, 0.2) is 0 Å². The molecule has 0 bridgehead atoms. The fraction of sp³-hybridized carbons (Fsp3) is 0.300. The summed E-state index contributed by atoms with van der Waals surface area (Å²) in [4.78, 5) is 2.27. The van der Waals surface area contributed by atoms with E-state index in [1.54, 1.807) is 38.2 Å². The average molecular weight is 212 g/mol. The molecule has 0 saturated heterocycles. The predicted octanol–water partition coefficient (Wildman–Crippen LogP) is 1.79. The second kappa shape index (κ2) is 4.37. The molecule has 0 aliphatic carbocycles. The summed E-state index contributed by atoms with van der Waals surface area (Å²) >= 11 is 5.00. The molecule has 0 fully saturated rings. The number of halogens is 1. The van der Waals surface area contributed by atoms with Crippen molar-refractivity contribution in [3.8, 4) is 0 Å². The van der Waals surface area contributed by atoms with Gasteiger partial charge in [0.1, 0.15) is 10.8 Å². The van der Waals surface area contributed by atoms with Crippen LogP contribution in [0, 0.1) is 5.82 Å². The zero-order chi connectivity index (χ0) is 10.7. The lowest BCUT2D eigenvalue weighted by Gasteiger charge is -2.14. The van der Waals surface area contributed by atoms with Gasteiger partial charge in [0.05, 0.1) is 5.69 Å². The lowest BCUT2D eigenvalue weighted by atomic mass is 10.2. The van der Waals surface area contributed by atoms with Gasteiger partial charge in [-0.25, -0.2) is 4.39 Å². The maximum atomic E-state index is 13.5. The Morgan fingerprint density at radius 2 is 2.07 bits per heavy atom. The maximum absolute atomic E-state index is 13.5. The minimum absolute atomic E-state index is 0.259. The van der Waals surface area contributed by atoms with Crippen LogP contribution in [0.4, 0.5) is 10.1 Å². The second-order valence-electron chi connectivity index (χ2n) is 3.14. The molecule has 0 aliphatic heterocycles.